The first-order chi connectivity index (χ1) is 32.4. The Kier molecular flexibility index (Phi) is 14.6. The highest BCUT2D eigenvalue weighted by atomic mass is 28.3. The van der Waals surface area contributed by atoms with Crippen LogP contribution < -0.4 is 29.8 Å². The summed E-state index contributed by atoms with van der Waals surface area (Å²) in [5.41, 5.74) is 4.40. The van der Waals surface area contributed by atoms with Crippen LogP contribution in [-0.2, 0) is 44.2 Å². The van der Waals surface area contributed by atoms with E-state index in [1.54, 1.807) is 16.9 Å². The maximum atomic E-state index is 15.5. The third-order valence-electron chi connectivity index (χ3n) is 14.1. The molecule has 1 saturated heterocycles. The van der Waals surface area contributed by atoms with Crippen molar-refractivity contribution in [1.29, 1.82) is 0 Å². The van der Waals surface area contributed by atoms with E-state index >= 15 is 4.79 Å². The third kappa shape index (κ3) is 9.40. The van der Waals surface area contributed by atoms with Crippen LogP contribution >= 0.6 is 0 Å². The Bertz CT molecular complexity index is 2520. The summed E-state index contributed by atoms with van der Waals surface area (Å²) in [6, 6.07) is 39.0. The molecule has 8 rings (SSSR count). The van der Waals surface area contributed by atoms with E-state index in [0.717, 1.165) is 51.5 Å². The monoisotopic (exact) mass is 924 g/mol. The molecule has 12 nitrogen and oxygen atoms in total. The minimum absolute atomic E-state index is 0.0530. The Morgan fingerprint density at radius 1 is 0.866 bits per heavy atom. The number of ether oxygens (including phenoxy) is 3. The van der Waals surface area contributed by atoms with E-state index in [2.05, 4.69) is 37.5 Å². The van der Waals surface area contributed by atoms with Crippen LogP contribution in [0.25, 0.3) is 0 Å². The van der Waals surface area contributed by atoms with E-state index in [4.69, 9.17) is 14.2 Å². The highest BCUT2D eigenvalue weighted by Gasteiger charge is 2.66. The molecule has 0 radical (unpaired) electrons. The Morgan fingerprint density at radius 2 is 1.58 bits per heavy atom. The first-order valence-electron chi connectivity index (χ1n) is 23.6. The van der Waals surface area contributed by atoms with Crippen LogP contribution in [0.3, 0.4) is 0 Å². The highest BCUT2D eigenvalue weighted by molar-refractivity contribution is 6.91. The number of aliphatic hydroxyl groups excluding tert-OH is 2. The van der Waals surface area contributed by atoms with Gasteiger partial charge in [0.05, 0.1) is 64.9 Å². The normalized spacial score (nSPS) is 21.1. The average molecular weight is 925 g/mol. The van der Waals surface area contributed by atoms with Gasteiger partial charge in [0.15, 0.2) is 5.60 Å². The molecule has 5 atom stereocenters. The van der Waals surface area contributed by atoms with Crippen molar-refractivity contribution in [3.8, 4) is 11.5 Å². The Morgan fingerprint density at radius 3 is 2.28 bits per heavy atom. The molecule has 13 heteroatoms. The molecule has 1 spiro atoms. The minimum Gasteiger partial charge on any atom is -0.497 e. The zero-order chi connectivity index (χ0) is 47.3. The molecule has 3 aliphatic rings. The number of nitrogens with zero attached hydrogens (tertiary/aromatic N) is 3. The van der Waals surface area contributed by atoms with Crippen LogP contribution in [0.1, 0.15) is 55.4 Å². The summed E-state index contributed by atoms with van der Waals surface area (Å²) in [6.45, 7) is 10.5. The lowest BCUT2D eigenvalue weighted by atomic mass is 9.82. The van der Waals surface area contributed by atoms with Crippen LogP contribution in [0.4, 0.5) is 17.1 Å². The number of methoxy groups -OCH3 is 1. The predicted octanol–water partition coefficient (Wildman–Crippen LogP) is 7.22. The molecule has 5 aromatic rings. The number of hydrogen-bond donors (Lipinski definition) is 3. The molecule has 1 fully saturated rings. The van der Waals surface area contributed by atoms with Crippen molar-refractivity contribution in [3.63, 3.8) is 0 Å². The quantitative estimate of drug-likeness (QED) is 0.0579. The summed E-state index contributed by atoms with van der Waals surface area (Å²) in [5, 5.41) is 24.0. The maximum Gasteiger partial charge on any atom is 0.264 e. The number of nitrogens with one attached hydrogen (secondary N) is 1. The van der Waals surface area contributed by atoms with Gasteiger partial charge >= 0.3 is 0 Å². The summed E-state index contributed by atoms with van der Waals surface area (Å²) in [7, 11) is -0.896. The van der Waals surface area contributed by atoms with Gasteiger partial charge in [0.2, 0.25) is 11.8 Å². The number of fused-ring (bicyclic) bond motifs is 3. The molecular weight excluding hydrogens is 861 g/mol. The van der Waals surface area contributed by atoms with Crippen molar-refractivity contribution in [1.82, 2.24) is 10.2 Å². The number of anilines is 3. The van der Waals surface area contributed by atoms with E-state index in [1.165, 1.54) is 5.19 Å². The Balaban J connectivity index is 1.10. The zero-order valence-electron chi connectivity index (χ0n) is 39.3. The fourth-order valence-electron chi connectivity index (χ4n) is 10.8. The van der Waals surface area contributed by atoms with E-state index in [9.17, 15) is 19.8 Å². The van der Waals surface area contributed by atoms with Crippen molar-refractivity contribution >= 4 is 48.0 Å². The SMILES string of the molecule is CCOc1ccc2c(c1)CC(NCCCCO)C(=O)N2c1ccc(CN2C(=O)[C@@]3(O[C@@H](CC(=O)N(CCO)Cc4ccccc4)[C@H]([Si](C)(C)c4ccc(OC)cc4)[C@H]3C)c3ccccc32)cc1. The molecule has 5 aromatic carbocycles. The summed E-state index contributed by atoms with van der Waals surface area (Å²) in [5.74, 6) is 0.832. The lowest BCUT2D eigenvalue weighted by Gasteiger charge is -2.37. The van der Waals surface area contributed by atoms with Gasteiger partial charge in [-0.05, 0) is 103 Å². The van der Waals surface area contributed by atoms with Crippen molar-refractivity contribution in [2.24, 2.45) is 5.92 Å². The fourth-order valence-corrected chi connectivity index (χ4v) is 14.8. The topological polar surface area (TPSA) is 141 Å². The largest absolute Gasteiger partial charge is 0.497 e. The van der Waals surface area contributed by atoms with Crippen molar-refractivity contribution < 1.29 is 38.8 Å². The molecule has 3 heterocycles. The van der Waals surface area contributed by atoms with E-state index in [-0.39, 0.29) is 61.9 Å². The molecule has 1 unspecified atom stereocenters. The number of aliphatic hydroxyl groups is 2. The second kappa shape index (κ2) is 20.6. The lowest BCUT2D eigenvalue weighted by Crippen LogP contribution is -2.52. The highest BCUT2D eigenvalue weighted by Crippen LogP contribution is 2.60. The molecule has 0 aliphatic carbocycles. The van der Waals surface area contributed by atoms with E-state index in [1.807, 2.05) is 121 Å². The molecule has 3 amide bonds. The van der Waals surface area contributed by atoms with Gasteiger partial charge in [0, 0.05) is 36.9 Å². The summed E-state index contributed by atoms with van der Waals surface area (Å²) >= 11 is 0. The molecule has 0 saturated carbocycles. The van der Waals surface area contributed by atoms with Gasteiger partial charge in [-0.15, -0.1) is 0 Å². The van der Waals surface area contributed by atoms with E-state index < -0.39 is 25.8 Å². The van der Waals surface area contributed by atoms with Crippen LogP contribution in [0.15, 0.2) is 121 Å². The summed E-state index contributed by atoms with van der Waals surface area (Å²) in [4.78, 5) is 49.5. The number of amides is 3. The van der Waals surface area contributed by atoms with Gasteiger partial charge in [-0.1, -0.05) is 98.0 Å². The molecule has 0 bridgehead atoms. The van der Waals surface area contributed by atoms with Crippen LogP contribution in [0.2, 0.25) is 18.6 Å². The molecule has 67 heavy (non-hydrogen) atoms. The maximum absolute atomic E-state index is 15.5. The van der Waals surface area contributed by atoms with Gasteiger partial charge < -0.3 is 39.5 Å². The molecular formula is C54H64N4O8Si. The number of hydrogen-bond acceptors (Lipinski definition) is 9. The minimum atomic E-state index is -2.55. The van der Waals surface area contributed by atoms with Gasteiger partial charge in [0.1, 0.15) is 11.5 Å². The molecule has 352 valence electrons. The summed E-state index contributed by atoms with van der Waals surface area (Å²) < 4.78 is 18.7. The second-order valence-electron chi connectivity index (χ2n) is 18.5. The second-order valence-corrected chi connectivity index (χ2v) is 23.2. The van der Waals surface area contributed by atoms with Gasteiger partial charge in [-0.3, -0.25) is 19.3 Å². The lowest BCUT2D eigenvalue weighted by molar-refractivity contribution is -0.150. The van der Waals surface area contributed by atoms with Crippen LogP contribution in [-0.4, -0.2) is 93.1 Å². The zero-order valence-corrected chi connectivity index (χ0v) is 40.3. The first kappa shape index (κ1) is 47.7. The average Bonchev–Trinajstić information content (AvgIpc) is 3.76. The number of benzene rings is 5. The number of carbonyl (C=O) groups is 3. The Hall–Kier alpha value is -5.83. The molecule has 3 aliphatic heterocycles. The summed E-state index contributed by atoms with van der Waals surface area (Å²) in [6.07, 6.45) is 1.39. The first-order valence-corrected chi connectivity index (χ1v) is 26.7. The molecule has 0 aromatic heterocycles. The predicted molar refractivity (Wildman–Crippen MR) is 264 cm³/mol. The van der Waals surface area contributed by atoms with Crippen molar-refractivity contribution in [3.05, 3.63) is 144 Å². The number of unbranched alkanes of at least 4 members (excludes halogenated alkanes) is 1. The number of rotatable bonds is 19. The van der Waals surface area contributed by atoms with Gasteiger partial charge in [0.25, 0.3) is 5.91 Å². The third-order valence-corrected chi connectivity index (χ3v) is 18.5. The van der Waals surface area contributed by atoms with Crippen molar-refractivity contribution in [2.45, 2.75) is 89.0 Å². The number of para-hydroxylation sites is 1. The number of carbonyl (C=O) groups excluding carboxylic acids is 3. The standard InChI is InChI=1S/C54H64N4O8Si/c1-6-65-43-24-27-47-40(32-43)33-46(55-28-12-13-30-59)52(62)58(47)41-20-18-39(19-21-41)36-57-48-17-11-10-16-45(48)54(53(57)63)37(2)51(67(4,5)44-25-22-42(64-3)23-26-44)49(66-54)34-50(61)56(29-31-60)35-38-14-8-7-9-15-38/h7-11,14-27,32,37,46,49,51,55,59-60H,6,12-13,28-31,33-36H2,1-5H3/t37-,46?,49+,51-,54+/m1/s1. The smallest absolute Gasteiger partial charge is 0.264 e. The van der Waals surface area contributed by atoms with Crippen LogP contribution in [0, 0.1) is 5.92 Å². The molecule has 3 N–H and O–H groups in total. The van der Waals surface area contributed by atoms with Crippen LogP contribution in [0.5, 0.6) is 11.5 Å². The van der Waals surface area contributed by atoms with E-state index in [0.29, 0.717) is 38.2 Å². The van der Waals surface area contributed by atoms with Gasteiger partial charge in [-0.2, -0.15) is 0 Å². The Labute approximate surface area is 395 Å². The fraction of sp³-hybridized carbons (Fsp3) is 0.389. The van der Waals surface area contributed by atoms with Crippen molar-refractivity contribution in [2.75, 3.05) is 49.8 Å². The van der Waals surface area contributed by atoms with Gasteiger partial charge in [-0.25, -0.2) is 0 Å².